The van der Waals surface area contributed by atoms with Crippen LogP contribution in [0.4, 0.5) is 0 Å². The Labute approximate surface area is 342 Å². The lowest BCUT2D eigenvalue weighted by molar-refractivity contribution is -0.161. The molecular weight excluding hydrogens is 745 g/mol. The maximum absolute atomic E-state index is 12.6. The summed E-state index contributed by atoms with van der Waals surface area (Å²) >= 11 is 0. The second-order valence-electron chi connectivity index (χ2n) is 13.9. The minimum absolute atomic E-state index is 0.00987. The fourth-order valence-electron chi connectivity index (χ4n) is 5.55. The first-order valence-electron chi connectivity index (χ1n) is 20.9. The Morgan fingerprint density at radius 1 is 0.754 bits per heavy atom. The van der Waals surface area contributed by atoms with Crippen LogP contribution in [-0.2, 0) is 45.5 Å². The van der Waals surface area contributed by atoms with Gasteiger partial charge in [-0.15, -0.1) is 0 Å². The lowest BCUT2D eigenvalue weighted by atomic mass is 10.0. The molecule has 0 aliphatic carbocycles. The Kier molecular flexibility index (Phi) is 30.5. The van der Waals surface area contributed by atoms with Crippen LogP contribution < -0.4 is 5.73 Å². The van der Waals surface area contributed by atoms with Gasteiger partial charge in [-0.25, -0.2) is 4.57 Å². The normalized spacial score (nSPS) is 14.6. The molecular formula is C45H72NO10P. The first kappa shape index (κ1) is 51.7. The average Bonchev–Trinajstić information content (AvgIpc) is 3.45. The molecule has 0 aliphatic heterocycles. The van der Waals surface area contributed by atoms with Crippen LogP contribution in [0.25, 0.3) is 0 Å². The van der Waals surface area contributed by atoms with Gasteiger partial charge in [-0.2, -0.15) is 0 Å². The molecule has 1 aromatic heterocycles. The molecule has 0 aromatic carbocycles. The molecule has 57 heavy (non-hydrogen) atoms. The van der Waals surface area contributed by atoms with Gasteiger partial charge in [0.1, 0.15) is 18.1 Å². The number of furan rings is 1. The summed E-state index contributed by atoms with van der Waals surface area (Å²) in [5, 5.41) is 10.2. The average molecular weight is 818 g/mol. The predicted octanol–water partition coefficient (Wildman–Crippen LogP) is 10.1. The van der Waals surface area contributed by atoms with Crippen molar-refractivity contribution in [2.24, 2.45) is 5.73 Å². The molecule has 0 aliphatic rings. The molecule has 1 rings (SSSR count). The first-order chi connectivity index (χ1) is 27.5. The van der Waals surface area contributed by atoms with E-state index in [1.165, 1.54) is 11.1 Å². The van der Waals surface area contributed by atoms with Crippen molar-refractivity contribution in [3.8, 4) is 0 Å². The first-order valence-corrected chi connectivity index (χ1v) is 22.4. The number of carbonyl (C=O) groups is 2. The van der Waals surface area contributed by atoms with Crippen molar-refractivity contribution in [1.82, 2.24) is 0 Å². The van der Waals surface area contributed by atoms with E-state index in [-0.39, 0.29) is 32.6 Å². The zero-order valence-electron chi connectivity index (χ0n) is 35.1. The van der Waals surface area contributed by atoms with Crippen molar-refractivity contribution >= 4 is 19.8 Å². The standard InChI is InChI=1S/C45H72NO10P/c1-5-7-8-9-10-11-12-13-14-15-16-19-23-29-40(47)30-24-22-27-33-45(49)55-41(37-54-57(50,51)53-35-34-46)36-52-44(48)32-26-21-18-17-20-25-31-43-39(4)38(3)42(56-43)28-6-2/h7-8,10-11,13-14,16,19,22-24,29,40-41,47H,5-6,9,12,15,17-18,20-21,25-28,30-37,46H2,1-4H3,(H,50,51)/b8-7-,11-10-,14-13-,19-16-,24-22-,29-23-/t40?,41-/m1/s1. The number of allylic oxidation sites excluding steroid dienone is 10. The van der Waals surface area contributed by atoms with Gasteiger partial charge < -0.3 is 29.6 Å². The number of unbranched alkanes of at least 4 members (excludes halogenated alkanes) is 5. The van der Waals surface area contributed by atoms with Crippen molar-refractivity contribution < 1.29 is 47.1 Å². The van der Waals surface area contributed by atoms with Gasteiger partial charge in [0, 0.05) is 32.2 Å². The summed E-state index contributed by atoms with van der Waals surface area (Å²) < 4.78 is 38.7. The Balaban J connectivity index is 2.38. The second kappa shape index (κ2) is 33.6. The van der Waals surface area contributed by atoms with E-state index >= 15 is 0 Å². The van der Waals surface area contributed by atoms with Crippen molar-refractivity contribution in [2.75, 3.05) is 26.4 Å². The van der Waals surface area contributed by atoms with Crippen LogP contribution in [0, 0.1) is 13.8 Å². The maximum Gasteiger partial charge on any atom is 0.472 e. The molecule has 12 heteroatoms. The van der Waals surface area contributed by atoms with E-state index in [1.807, 2.05) is 12.2 Å². The van der Waals surface area contributed by atoms with Crippen molar-refractivity contribution in [3.05, 3.63) is 95.6 Å². The summed E-state index contributed by atoms with van der Waals surface area (Å²) in [6.45, 7) is 7.52. The highest BCUT2D eigenvalue weighted by Gasteiger charge is 2.26. The van der Waals surface area contributed by atoms with Gasteiger partial charge in [0.2, 0.25) is 0 Å². The quantitative estimate of drug-likeness (QED) is 0.0199. The molecule has 0 fully saturated rings. The highest BCUT2D eigenvalue weighted by Crippen LogP contribution is 2.43. The Morgan fingerprint density at radius 2 is 1.39 bits per heavy atom. The van der Waals surface area contributed by atoms with Crippen LogP contribution in [-0.4, -0.2) is 60.5 Å². The summed E-state index contributed by atoms with van der Waals surface area (Å²) in [6.07, 6.45) is 35.5. The minimum Gasteiger partial charge on any atom is -0.466 e. The molecule has 0 saturated carbocycles. The van der Waals surface area contributed by atoms with Crippen LogP contribution >= 0.6 is 7.82 Å². The Morgan fingerprint density at radius 3 is 2.05 bits per heavy atom. The number of hydrogen-bond donors (Lipinski definition) is 3. The van der Waals surface area contributed by atoms with E-state index in [1.54, 1.807) is 24.3 Å². The van der Waals surface area contributed by atoms with E-state index < -0.39 is 38.6 Å². The number of carbonyl (C=O) groups excluding carboxylic acids is 2. The van der Waals surface area contributed by atoms with E-state index in [2.05, 4.69) is 64.2 Å². The van der Waals surface area contributed by atoms with Gasteiger partial charge in [0.15, 0.2) is 6.10 Å². The summed E-state index contributed by atoms with van der Waals surface area (Å²) in [5.74, 6) is 1.16. The molecule has 11 nitrogen and oxygen atoms in total. The number of esters is 2. The van der Waals surface area contributed by atoms with Gasteiger partial charge in [0.05, 0.1) is 19.3 Å². The number of nitrogens with two attached hydrogens (primary N) is 1. The molecule has 4 N–H and O–H groups in total. The third kappa shape index (κ3) is 27.9. The second-order valence-corrected chi connectivity index (χ2v) is 15.4. The number of phosphoric ester groups is 1. The van der Waals surface area contributed by atoms with E-state index in [4.69, 9.17) is 28.7 Å². The largest absolute Gasteiger partial charge is 0.472 e. The maximum atomic E-state index is 12.6. The zero-order valence-corrected chi connectivity index (χ0v) is 36.0. The number of aryl methyl sites for hydroxylation is 2. The molecule has 0 saturated heterocycles. The third-order valence-corrected chi connectivity index (χ3v) is 9.86. The molecule has 1 aromatic rings. The van der Waals surface area contributed by atoms with Crippen LogP contribution in [0.1, 0.15) is 133 Å². The number of ether oxygens (including phenoxy) is 2. The zero-order chi connectivity index (χ0) is 42.0. The topological polar surface area (TPSA) is 168 Å². The minimum atomic E-state index is -4.44. The molecule has 0 bridgehead atoms. The van der Waals surface area contributed by atoms with E-state index in [0.717, 1.165) is 88.6 Å². The van der Waals surface area contributed by atoms with Crippen LogP contribution in [0.3, 0.4) is 0 Å². The Hall–Kier alpha value is -3.31. The number of phosphoric acid groups is 1. The van der Waals surface area contributed by atoms with Crippen LogP contribution in [0.15, 0.2) is 77.3 Å². The molecule has 322 valence electrons. The summed E-state index contributed by atoms with van der Waals surface area (Å²) in [4.78, 5) is 34.9. The molecule has 0 amide bonds. The smallest absolute Gasteiger partial charge is 0.466 e. The summed E-state index contributed by atoms with van der Waals surface area (Å²) in [6, 6.07) is 0. The molecule has 0 radical (unpaired) electrons. The van der Waals surface area contributed by atoms with Gasteiger partial charge >= 0.3 is 19.8 Å². The monoisotopic (exact) mass is 817 g/mol. The Bertz CT molecular complexity index is 1460. The van der Waals surface area contributed by atoms with Gasteiger partial charge in [-0.3, -0.25) is 18.6 Å². The lowest BCUT2D eigenvalue weighted by Crippen LogP contribution is -2.29. The highest BCUT2D eigenvalue weighted by atomic mass is 31.2. The summed E-state index contributed by atoms with van der Waals surface area (Å²) in [5.41, 5.74) is 7.88. The SMILES string of the molecule is CC/C=C\C/C=C\C/C=C\C/C=C\C=C/C(O)C/C=C\CCC(=O)O[C@H](COC(=O)CCCCCCCCc1oc(CCC)c(C)c1C)COP(=O)(O)OCCN. The predicted molar refractivity (Wildman–Crippen MR) is 229 cm³/mol. The fourth-order valence-corrected chi connectivity index (χ4v) is 6.32. The molecule has 3 atom stereocenters. The van der Waals surface area contributed by atoms with Gasteiger partial charge in [-0.05, 0) is 82.8 Å². The van der Waals surface area contributed by atoms with Crippen LogP contribution in [0.2, 0.25) is 0 Å². The fraction of sp³-hybridized carbons (Fsp3) is 0.600. The lowest BCUT2D eigenvalue weighted by Gasteiger charge is -2.19. The molecule has 1 heterocycles. The third-order valence-electron chi connectivity index (χ3n) is 8.87. The van der Waals surface area contributed by atoms with E-state index in [0.29, 0.717) is 19.3 Å². The number of hydrogen-bond acceptors (Lipinski definition) is 10. The van der Waals surface area contributed by atoms with Crippen LogP contribution in [0.5, 0.6) is 0 Å². The molecule has 2 unspecified atom stereocenters. The number of aliphatic hydroxyl groups is 1. The van der Waals surface area contributed by atoms with Gasteiger partial charge in [-0.1, -0.05) is 112 Å². The molecule has 0 spiro atoms. The number of rotatable bonds is 34. The van der Waals surface area contributed by atoms with E-state index in [9.17, 15) is 24.2 Å². The number of aliphatic hydroxyl groups excluding tert-OH is 1. The van der Waals surface area contributed by atoms with Crippen molar-refractivity contribution in [1.29, 1.82) is 0 Å². The van der Waals surface area contributed by atoms with Crippen molar-refractivity contribution in [3.63, 3.8) is 0 Å². The van der Waals surface area contributed by atoms with Crippen molar-refractivity contribution in [2.45, 2.75) is 149 Å². The van der Waals surface area contributed by atoms with Gasteiger partial charge in [0.25, 0.3) is 0 Å². The summed E-state index contributed by atoms with van der Waals surface area (Å²) in [7, 11) is -4.44. The highest BCUT2D eigenvalue weighted by molar-refractivity contribution is 7.47.